The fourth-order valence-electron chi connectivity index (χ4n) is 9.74. The normalized spacial score (nSPS) is 12.9. The second kappa shape index (κ2) is 70.3. The molecule has 6 heteroatoms. The van der Waals surface area contributed by atoms with Crippen LogP contribution >= 0.6 is 0 Å². The molecular weight excluding hydrogens is 1020 g/mol. The molecule has 0 heterocycles. The topological polar surface area (TPSA) is 78.9 Å². The quantitative estimate of drug-likeness (QED) is 0.0261. The van der Waals surface area contributed by atoms with Crippen molar-refractivity contribution >= 4 is 17.9 Å². The monoisotopic (exact) mass is 1150 g/mol. The van der Waals surface area contributed by atoms with Crippen LogP contribution in [0.1, 0.15) is 329 Å². The summed E-state index contributed by atoms with van der Waals surface area (Å²) in [7, 11) is 0. The van der Waals surface area contributed by atoms with Gasteiger partial charge in [0.05, 0.1) is 0 Å². The van der Waals surface area contributed by atoms with E-state index in [-0.39, 0.29) is 37.5 Å². The lowest BCUT2D eigenvalue weighted by molar-refractivity contribution is -0.167. The third-order valence-corrected chi connectivity index (χ3v) is 15.0. The molecule has 1 atom stereocenters. The number of carbonyl (C=O) groups is 3. The van der Waals surface area contributed by atoms with Gasteiger partial charge in [-0.3, -0.25) is 14.4 Å². The van der Waals surface area contributed by atoms with Crippen molar-refractivity contribution in [3.05, 3.63) is 122 Å². The molecule has 0 saturated heterocycles. The van der Waals surface area contributed by atoms with Crippen molar-refractivity contribution in [2.24, 2.45) is 0 Å². The number of carbonyl (C=O) groups excluding carboxylic acids is 3. The first-order chi connectivity index (χ1) is 41.0. The summed E-state index contributed by atoms with van der Waals surface area (Å²) >= 11 is 0. The molecule has 474 valence electrons. The summed E-state index contributed by atoms with van der Waals surface area (Å²) < 4.78 is 16.9. The molecule has 0 amide bonds. The van der Waals surface area contributed by atoms with E-state index in [9.17, 15) is 14.4 Å². The average molecular weight is 1150 g/mol. The van der Waals surface area contributed by atoms with Crippen LogP contribution in [-0.2, 0) is 28.6 Å². The van der Waals surface area contributed by atoms with Crippen LogP contribution in [0.2, 0.25) is 0 Å². The van der Waals surface area contributed by atoms with E-state index in [0.717, 1.165) is 116 Å². The summed E-state index contributed by atoms with van der Waals surface area (Å²) in [4.78, 5) is 38.5. The Morgan fingerprint density at radius 3 is 0.807 bits per heavy atom. The predicted octanol–water partition coefficient (Wildman–Crippen LogP) is 24.3. The minimum atomic E-state index is -0.812. The number of esters is 3. The zero-order valence-corrected chi connectivity index (χ0v) is 54.4. The zero-order chi connectivity index (χ0) is 59.9. The summed E-state index contributed by atoms with van der Waals surface area (Å²) in [5.74, 6) is -0.964. The standard InChI is InChI=1S/C77H130O6/c1-4-7-10-13-16-19-22-25-28-31-34-36-38-40-43-46-49-52-55-58-61-64-67-70-76(79)82-73-74(72-81-75(78)69-66-63-60-57-54-51-48-45-42-33-30-27-24-21-18-15-12-9-6-3)83-77(80)71-68-65-62-59-56-53-50-47-44-41-39-37-35-32-29-26-23-20-17-14-11-8-5-2/h7,10,16,18-19,21,25,27-28,30,34,36,40,42-43,45,49,52,58,61,74H,4-6,8-9,11-15,17,20,22-24,26,29,31-33,35,37-39,41,44,46-48,50-51,53-57,59-60,62-73H2,1-3H3/b10-7-,19-16-,21-18-,28-25-,30-27-,36-34-,43-40-,45-42-,52-49-,61-58-. The van der Waals surface area contributed by atoms with Crippen LogP contribution in [0.5, 0.6) is 0 Å². The summed E-state index contributed by atoms with van der Waals surface area (Å²) in [6.07, 6.45) is 97.9. The molecule has 0 aromatic rings. The van der Waals surface area contributed by atoms with Gasteiger partial charge in [0.25, 0.3) is 0 Å². The third-order valence-electron chi connectivity index (χ3n) is 15.0. The minimum Gasteiger partial charge on any atom is -0.462 e. The van der Waals surface area contributed by atoms with Gasteiger partial charge < -0.3 is 14.2 Å². The van der Waals surface area contributed by atoms with E-state index in [1.54, 1.807) is 0 Å². The number of allylic oxidation sites excluding steroid dienone is 20. The van der Waals surface area contributed by atoms with Gasteiger partial charge in [0, 0.05) is 19.3 Å². The van der Waals surface area contributed by atoms with Gasteiger partial charge in [-0.2, -0.15) is 0 Å². The summed E-state index contributed by atoms with van der Waals surface area (Å²) in [6, 6.07) is 0. The smallest absolute Gasteiger partial charge is 0.306 e. The van der Waals surface area contributed by atoms with Crippen molar-refractivity contribution in [1.82, 2.24) is 0 Å². The van der Waals surface area contributed by atoms with E-state index in [1.807, 2.05) is 0 Å². The van der Waals surface area contributed by atoms with Gasteiger partial charge in [-0.05, 0) is 109 Å². The van der Waals surface area contributed by atoms with Gasteiger partial charge in [-0.25, -0.2) is 0 Å². The van der Waals surface area contributed by atoms with E-state index in [2.05, 4.69) is 142 Å². The molecule has 83 heavy (non-hydrogen) atoms. The van der Waals surface area contributed by atoms with Crippen LogP contribution in [0.25, 0.3) is 0 Å². The highest BCUT2D eigenvalue weighted by Crippen LogP contribution is 2.17. The van der Waals surface area contributed by atoms with E-state index in [4.69, 9.17) is 14.2 Å². The summed E-state index contributed by atoms with van der Waals surface area (Å²) in [5.41, 5.74) is 0. The SMILES string of the molecule is CC/C=C\C/C=C\C/C=C\C/C=C\C/C=C\C/C=C\C/C=C\CCCC(=O)OCC(COC(=O)CCCCCCCC/C=C\C/C=C\C/C=C\CCCCC)OC(=O)CCCCCCCCCCCCCCCCCCCCCCCCC. The number of ether oxygens (including phenoxy) is 3. The molecule has 6 nitrogen and oxygen atoms in total. The van der Waals surface area contributed by atoms with Crippen LogP contribution < -0.4 is 0 Å². The Kier molecular flexibility index (Phi) is 66.7. The first-order valence-corrected chi connectivity index (χ1v) is 35.0. The fourth-order valence-corrected chi connectivity index (χ4v) is 9.74. The Labute approximate surface area is 513 Å². The molecule has 0 bridgehead atoms. The van der Waals surface area contributed by atoms with Crippen LogP contribution in [0.15, 0.2) is 122 Å². The number of hydrogen-bond donors (Lipinski definition) is 0. The van der Waals surface area contributed by atoms with Crippen molar-refractivity contribution in [2.75, 3.05) is 13.2 Å². The van der Waals surface area contributed by atoms with Gasteiger partial charge in [-0.15, -0.1) is 0 Å². The number of rotatable bonds is 63. The molecule has 0 aromatic carbocycles. The highest BCUT2D eigenvalue weighted by Gasteiger charge is 2.19. The van der Waals surface area contributed by atoms with Crippen molar-refractivity contribution in [2.45, 2.75) is 335 Å². The second-order valence-corrected chi connectivity index (χ2v) is 23.1. The van der Waals surface area contributed by atoms with Crippen molar-refractivity contribution < 1.29 is 28.6 Å². The fraction of sp³-hybridized carbons (Fsp3) is 0.701. The van der Waals surface area contributed by atoms with E-state index in [1.165, 1.54) is 167 Å². The van der Waals surface area contributed by atoms with Crippen molar-refractivity contribution in [1.29, 1.82) is 0 Å². The molecule has 0 aliphatic carbocycles. The highest BCUT2D eigenvalue weighted by atomic mass is 16.6. The lowest BCUT2D eigenvalue weighted by Crippen LogP contribution is -2.30. The highest BCUT2D eigenvalue weighted by molar-refractivity contribution is 5.71. The first kappa shape index (κ1) is 78.8. The minimum absolute atomic E-state index is 0.103. The molecule has 0 rings (SSSR count). The molecule has 0 fully saturated rings. The molecule has 0 aromatic heterocycles. The third kappa shape index (κ3) is 68.5. The first-order valence-electron chi connectivity index (χ1n) is 35.0. The van der Waals surface area contributed by atoms with Gasteiger partial charge in [0.1, 0.15) is 13.2 Å². The molecule has 0 aliphatic heterocycles. The van der Waals surface area contributed by atoms with Crippen molar-refractivity contribution in [3.8, 4) is 0 Å². The van der Waals surface area contributed by atoms with Crippen LogP contribution in [0.4, 0.5) is 0 Å². The number of hydrogen-bond acceptors (Lipinski definition) is 6. The molecule has 0 radical (unpaired) electrons. The summed E-state index contributed by atoms with van der Waals surface area (Å²) in [6.45, 7) is 6.48. The van der Waals surface area contributed by atoms with E-state index < -0.39 is 6.10 Å². The lowest BCUT2D eigenvalue weighted by atomic mass is 10.0. The Bertz CT molecular complexity index is 1700. The molecule has 0 spiro atoms. The van der Waals surface area contributed by atoms with Gasteiger partial charge in [-0.1, -0.05) is 322 Å². The maximum Gasteiger partial charge on any atom is 0.306 e. The van der Waals surface area contributed by atoms with Crippen LogP contribution in [-0.4, -0.2) is 37.2 Å². The maximum atomic E-state index is 13.0. The van der Waals surface area contributed by atoms with Gasteiger partial charge >= 0.3 is 17.9 Å². The molecular formula is C77H130O6. The second-order valence-electron chi connectivity index (χ2n) is 23.1. The molecule has 0 saturated carbocycles. The van der Waals surface area contributed by atoms with E-state index in [0.29, 0.717) is 19.3 Å². The average Bonchev–Trinajstić information content (AvgIpc) is 3.49. The Balaban J connectivity index is 4.48. The van der Waals surface area contributed by atoms with Crippen molar-refractivity contribution in [3.63, 3.8) is 0 Å². The van der Waals surface area contributed by atoms with Crippen LogP contribution in [0.3, 0.4) is 0 Å². The molecule has 0 N–H and O–H groups in total. The Morgan fingerprint density at radius 1 is 0.253 bits per heavy atom. The lowest BCUT2D eigenvalue weighted by Gasteiger charge is -2.18. The largest absolute Gasteiger partial charge is 0.462 e. The maximum absolute atomic E-state index is 13.0. The predicted molar refractivity (Wildman–Crippen MR) is 362 cm³/mol. The zero-order valence-electron chi connectivity index (χ0n) is 54.4. The molecule has 0 aliphatic rings. The van der Waals surface area contributed by atoms with Gasteiger partial charge in [0.2, 0.25) is 0 Å². The Morgan fingerprint density at radius 2 is 0.482 bits per heavy atom. The molecule has 1 unspecified atom stereocenters. The number of unbranched alkanes of at least 4 members (excludes halogenated alkanes) is 32. The van der Waals surface area contributed by atoms with Crippen LogP contribution in [0, 0.1) is 0 Å². The Hall–Kier alpha value is -4.19. The van der Waals surface area contributed by atoms with Gasteiger partial charge in [0.15, 0.2) is 6.10 Å². The van der Waals surface area contributed by atoms with E-state index >= 15 is 0 Å². The summed E-state index contributed by atoms with van der Waals surface area (Å²) in [5, 5.41) is 0.